The standard InChI is InChI=1S/C28H35N5O5.2C23H27N5O3.C19H28N4O6.C9H9NO2/c1-7-33-21(14-17-10-12-37-26(17)33)24-30-20-13-18(15-22(36-6)23(20)31(24)5)25(34)32-11-8-9-19(16-32)29-27(35)38-28(2,3)4;2*1-4-28-18(11-14-7-9-31-23(14)28)21-25-17-10-15(12-19(30-3)20(17)26(21)2)22(29)27-8-5-6-16(24)13-27;1-19(2,3)29-18(25)21-13-7-6-8-22(11-13)17(24)12-9-14(23(26)27)16(20-4)15(10-12)28-5;1-2-10-8(6-11)5-7-3-4-12-9(7)10/h10,12-15,19H,7-9,11,16H2,1-6H3,(H,29,35);2*7,9-12,16H,4-6,8,13,24H2,1-3H3;9-10,13,20H,6-8,11H2,1-5H3,(H,21,25);3-6H,2H2,1H3/t19-;2*16-;13-;/m1111./s1. The van der Waals surface area contributed by atoms with E-state index in [1.165, 1.54) is 19.2 Å². The molecule has 19 rings (SSSR count). The first-order valence-corrected chi connectivity index (χ1v) is 47.6. The minimum atomic E-state index is -0.612. The Kier molecular flexibility index (Phi) is 30.2. The molecular weight excluding hydrogens is 1810 g/mol. The van der Waals surface area contributed by atoms with Gasteiger partial charge in [-0.25, -0.2) is 24.5 Å². The Morgan fingerprint density at radius 3 is 1.05 bits per heavy atom. The van der Waals surface area contributed by atoms with Crippen LogP contribution in [0.15, 0.2) is 140 Å². The van der Waals surface area contributed by atoms with Crippen molar-refractivity contribution >= 4 is 131 Å². The number of hydrogen-bond acceptors (Lipinski definition) is 25. The topological polar surface area (TPSA) is 445 Å². The highest BCUT2D eigenvalue weighted by atomic mass is 16.6. The van der Waals surface area contributed by atoms with E-state index in [0.29, 0.717) is 97.3 Å². The van der Waals surface area contributed by atoms with Crippen LogP contribution in [0.4, 0.5) is 21.0 Å². The van der Waals surface area contributed by atoms with Crippen LogP contribution in [0, 0.1) is 10.1 Å². The number of nitro groups is 1. The van der Waals surface area contributed by atoms with E-state index in [1.54, 1.807) is 102 Å². The number of alkyl carbamates (subject to hydrolysis) is 2. The summed E-state index contributed by atoms with van der Waals surface area (Å²) in [7, 11) is 13.6. The molecule has 39 nitrogen and oxygen atoms in total. The fraction of sp³-hybridized carbons (Fsp3) is 0.431. The maximum Gasteiger partial charge on any atom is 0.407 e. The molecule has 0 spiro atoms. The van der Waals surface area contributed by atoms with Gasteiger partial charge in [-0.3, -0.25) is 34.1 Å². The summed E-state index contributed by atoms with van der Waals surface area (Å²) < 4.78 is 69.4. The molecule has 39 heteroatoms. The number of fused-ring (bicyclic) bond motifs is 7. The molecule has 4 fully saturated rings. The number of hydrogen-bond donors (Lipinski definition) is 5. The molecule has 0 unspecified atom stereocenters. The predicted molar refractivity (Wildman–Crippen MR) is 536 cm³/mol. The molecule has 0 radical (unpaired) electrons. The number of carbonyl (C=O) groups excluding carboxylic acids is 7. The molecular formula is C102H126N20O19. The summed E-state index contributed by atoms with van der Waals surface area (Å²) in [6, 6.07) is 29.0. The molecule has 748 valence electrons. The normalized spacial score (nSPS) is 16.2. The molecule has 0 bridgehead atoms. The summed E-state index contributed by atoms with van der Waals surface area (Å²) in [5.41, 5.74) is 24.1. The van der Waals surface area contributed by atoms with Crippen molar-refractivity contribution in [3.8, 4) is 57.6 Å². The van der Waals surface area contributed by atoms with Crippen LogP contribution in [-0.2, 0) is 56.8 Å². The van der Waals surface area contributed by atoms with Gasteiger partial charge in [-0.1, -0.05) is 0 Å². The Bertz CT molecular complexity index is 6950. The van der Waals surface area contributed by atoms with Gasteiger partial charge in [0.05, 0.1) is 103 Å². The first kappa shape index (κ1) is 100. The number of imidazole rings is 3. The van der Waals surface area contributed by atoms with Crippen LogP contribution in [0.3, 0.4) is 0 Å². The zero-order valence-electron chi connectivity index (χ0n) is 83.2. The van der Waals surface area contributed by atoms with Crippen molar-refractivity contribution in [2.45, 2.75) is 182 Å². The fourth-order valence-corrected chi connectivity index (χ4v) is 19.2. The van der Waals surface area contributed by atoms with E-state index >= 15 is 0 Å². The molecule has 4 saturated heterocycles. The van der Waals surface area contributed by atoms with Crippen molar-refractivity contribution in [3.63, 3.8) is 0 Å². The molecule has 6 amide bonds. The number of amides is 6. The Balaban J connectivity index is 0.000000137. The quantitative estimate of drug-likeness (QED) is 0.0269. The summed E-state index contributed by atoms with van der Waals surface area (Å²) in [6.45, 7) is 26.4. The lowest BCUT2D eigenvalue weighted by Crippen LogP contribution is -2.50. The number of carbonyl (C=O) groups is 7. The number of nitrogens with two attached hydrogens (primary N) is 2. The fourth-order valence-electron chi connectivity index (χ4n) is 19.2. The van der Waals surface area contributed by atoms with Gasteiger partial charge in [0.25, 0.3) is 29.3 Å². The number of ether oxygens (including phenoxy) is 6. The van der Waals surface area contributed by atoms with E-state index in [1.807, 2.05) is 125 Å². The highest BCUT2D eigenvalue weighted by Gasteiger charge is 2.35. The van der Waals surface area contributed by atoms with Gasteiger partial charge >= 0.3 is 12.2 Å². The maximum atomic E-state index is 13.6. The minimum absolute atomic E-state index is 0.0306. The van der Waals surface area contributed by atoms with E-state index in [9.17, 15) is 43.7 Å². The van der Waals surface area contributed by atoms with E-state index in [2.05, 4.69) is 68.6 Å². The predicted octanol–water partition coefficient (Wildman–Crippen LogP) is 16.5. The number of furan rings is 4. The number of rotatable bonds is 20. The number of aromatic nitrogens is 10. The van der Waals surface area contributed by atoms with E-state index in [0.717, 1.165) is 191 Å². The Morgan fingerprint density at radius 2 is 0.752 bits per heavy atom. The molecule has 7 N–H and O–H groups in total. The molecule has 4 aromatic carbocycles. The lowest BCUT2D eigenvalue weighted by molar-refractivity contribution is -0.384. The van der Waals surface area contributed by atoms with Gasteiger partial charge in [0.1, 0.15) is 50.8 Å². The Labute approximate surface area is 814 Å². The van der Waals surface area contributed by atoms with Crippen molar-refractivity contribution < 1.29 is 84.6 Å². The summed E-state index contributed by atoms with van der Waals surface area (Å²) in [4.78, 5) is 120. The highest BCUT2D eigenvalue weighted by Crippen LogP contribution is 2.42. The van der Waals surface area contributed by atoms with Crippen LogP contribution in [-0.4, -0.2) is 237 Å². The number of nitrogens with one attached hydrogen (secondary N) is 3. The Hall–Kier alpha value is -15.0. The molecule has 4 atom stereocenters. The molecule has 15 heterocycles. The molecule has 141 heavy (non-hydrogen) atoms. The molecule has 0 aliphatic carbocycles. The van der Waals surface area contributed by atoms with Crippen molar-refractivity contribution in [2.75, 3.05) is 93.2 Å². The average molecular weight is 1940 g/mol. The first-order chi connectivity index (χ1) is 67.5. The second kappa shape index (κ2) is 42.4. The third-order valence-electron chi connectivity index (χ3n) is 25.7. The molecule has 11 aromatic heterocycles. The van der Waals surface area contributed by atoms with Gasteiger partial charge < -0.3 is 125 Å². The van der Waals surface area contributed by atoms with Crippen LogP contribution < -0.4 is 46.4 Å². The van der Waals surface area contributed by atoms with Gasteiger partial charge in [-0.05, 0) is 212 Å². The molecule has 0 saturated carbocycles. The zero-order valence-corrected chi connectivity index (χ0v) is 83.2. The molecule has 4 aliphatic rings. The summed E-state index contributed by atoms with van der Waals surface area (Å²) in [5, 5.41) is 23.9. The molecule has 15 aromatic rings. The Morgan fingerprint density at radius 1 is 0.447 bits per heavy atom. The number of benzene rings is 4. The first-order valence-electron chi connectivity index (χ1n) is 47.6. The number of aldehydes is 1. The minimum Gasteiger partial charge on any atom is -0.494 e. The lowest BCUT2D eigenvalue weighted by atomic mass is 10.0. The van der Waals surface area contributed by atoms with Gasteiger partial charge in [0.15, 0.2) is 29.4 Å². The van der Waals surface area contributed by atoms with Crippen LogP contribution in [0.1, 0.15) is 173 Å². The number of nitrogens with zero attached hydrogens (tertiary/aromatic N) is 15. The third kappa shape index (κ3) is 21.1. The van der Waals surface area contributed by atoms with Gasteiger partial charge in [0, 0.05) is 175 Å². The average Bonchev–Trinajstić information content (AvgIpc) is 1.60. The number of aryl methyl sites for hydroxylation is 7. The van der Waals surface area contributed by atoms with E-state index in [-0.39, 0.29) is 70.5 Å². The van der Waals surface area contributed by atoms with Crippen LogP contribution >= 0.6 is 0 Å². The third-order valence-corrected chi connectivity index (χ3v) is 25.7. The highest BCUT2D eigenvalue weighted by molar-refractivity contribution is 6.04. The van der Waals surface area contributed by atoms with Crippen LogP contribution in [0.2, 0.25) is 0 Å². The summed E-state index contributed by atoms with van der Waals surface area (Å²) >= 11 is 0. The van der Waals surface area contributed by atoms with Crippen molar-refractivity contribution in [1.82, 2.24) is 77.2 Å². The van der Waals surface area contributed by atoms with Crippen LogP contribution in [0.5, 0.6) is 23.0 Å². The van der Waals surface area contributed by atoms with Crippen molar-refractivity contribution in [1.29, 1.82) is 0 Å². The number of likely N-dealkylation sites (tertiary alicyclic amines) is 4. The van der Waals surface area contributed by atoms with Crippen molar-refractivity contribution in [2.24, 2.45) is 32.6 Å². The smallest absolute Gasteiger partial charge is 0.407 e. The SMILES string of the molecule is CCn1c(-c2nc3cc(C(=O)N4CCC[C@@H](N)C4)cc(OC)c3n2C)cc2ccoc21.CCn1c(-c2nc3cc(C(=O)N4CCC[C@@H](N)C4)cc(OC)c3n2C)cc2ccoc21.CCn1c(-c2nc3cc(C(=O)N4CCC[C@@H](NC(=O)OC(C)(C)C)C4)cc(OC)c3n2C)cc2ccoc21.CCn1c(C=O)cc2ccoc21.CNc1c(OC)cc(C(=O)N2CCC[C@@H](NC(=O)OC(C)(C)C)C2)cc1[N+](=O)[O-]. The largest absolute Gasteiger partial charge is 0.494 e. The van der Waals surface area contributed by atoms with Gasteiger partial charge in [-0.15, -0.1) is 0 Å². The number of nitro benzene ring substituents is 1. The second-order valence-electron chi connectivity index (χ2n) is 37.5. The number of anilines is 1. The molecule has 4 aliphatic heterocycles. The van der Waals surface area contributed by atoms with E-state index < -0.39 is 28.3 Å². The second-order valence-corrected chi connectivity index (χ2v) is 37.5. The maximum absolute atomic E-state index is 13.6. The number of methoxy groups -OCH3 is 4. The van der Waals surface area contributed by atoms with Gasteiger partial charge in [0.2, 0.25) is 22.9 Å². The lowest BCUT2D eigenvalue weighted by Gasteiger charge is -2.33. The van der Waals surface area contributed by atoms with Crippen LogP contribution in [0.25, 0.3) is 112 Å². The van der Waals surface area contributed by atoms with Gasteiger partial charge in [-0.2, -0.15) is 0 Å². The monoisotopic (exact) mass is 1930 g/mol. The van der Waals surface area contributed by atoms with Crippen molar-refractivity contribution in [3.05, 3.63) is 160 Å². The van der Waals surface area contributed by atoms with E-state index in [4.69, 9.17) is 72.5 Å². The zero-order chi connectivity index (χ0) is 101. The summed E-state index contributed by atoms with van der Waals surface area (Å²) in [5.74, 6) is 3.86. The summed E-state index contributed by atoms with van der Waals surface area (Å²) in [6.07, 6.45) is 13.3. The number of piperidine rings is 4.